The lowest BCUT2D eigenvalue weighted by molar-refractivity contribution is -0.142. The Hall–Kier alpha value is -2.19. The van der Waals surface area contributed by atoms with Gasteiger partial charge in [0.05, 0.1) is 16.8 Å². The van der Waals surface area contributed by atoms with E-state index in [1.54, 1.807) is 30.3 Å². The fraction of sp³-hybridized carbons (Fsp3) is 0.250. The number of hydrogen-bond acceptors (Lipinski definition) is 5. The number of carboxylic acid groups (broad SMARTS) is 1. The monoisotopic (exact) mass is 367 g/mol. The maximum atomic E-state index is 12.4. The van der Waals surface area contributed by atoms with Crippen LogP contribution in [0.15, 0.2) is 46.7 Å². The standard InChI is InChI=1S/C16H17NO5S2/c1-10(16(19)20)14(11-6-4-3-5-7-11)17-15(18)12-8-9-13(23-12)24(2,21)22/h3-10,14H,1-2H3,(H,17,18)(H,19,20). The Kier molecular flexibility index (Phi) is 5.40. The predicted octanol–water partition coefficient (Wildman–Crippen LogP) is 2.34. The maximum absolute atomic E-state index is 12.4. The molecule has 128 valence electrons. The normalized spacial score (nSPS) is 13.9. The second kappa shape index (κ2) is 7.14. The first-order valence-corrected chi connectivity index (χ1v) is 9.79. The van der Waals surface area contributed by atoms with Gasteiger partial charge in [-0.25, -0.2) is 8.42 Å². The zero-order chi connectivity index (χ0) is 17.9. The van der Waals surface area contributed by atoms with Gasteiger partial charge in [-0.2, -0.15) is 0 Å². The third-order valence-electron chi connectivity index (χ3n) is 3.51. The number of sulfone groups is 1. The van der Waals surface area contributed by atoms with E-state index in [1.807, 2.05) is 0 Å². The second-order valence-electron chi connectivity index (χ2n) is 5.38. The van der Waals surface area contributed by atoms with Crippen LogP contribution in [0.5, 0.6) is 0 Å². The summed E-state index contributed by atoms with van der Waals surface area (Å²) < 4.78 is 23.1. The molecule has 6 nitrogen and oxygen atoms in total. The Morgan fingerprint density at radius 2 is 1.75 bits per heavy atom. The number of carbonyl (C=O) groups excluding carboxylic acids is 1. The zero-order valence-corrected chi connectivity index (χ0v) is 14.7. The van der Waals surface area contributed by atoms with Crippen molar-refractivity contribution >= 4 is 33.1 Å². The quantitative estimate of drug-likeness (QED) is 0.816. The van der Waals surface area contributed by atoms with E-state index in [-0.39, 0.29) is 9.09 Å². The fourth-order valence-electron chi connectivity index (χ4n) is 2.15. The van der Waals surface area contributed by atoms with Gasteiger partial charge >= 0.3 is 5.97 Å². The number of carbonyl (C=O) groups is 2. The van der Waals surface area contributed by atoms with E-state index in [0.29, 0.717) is 5.56 Å². The first-order chi connectivity index (χ1) is 11.2. The lowest BCUT2D eigenvalue weighted by Gasteiger charge is -2.22. The molecule has 2 N–H and O–H groups in total. The number of aliphatic carboxylic acids is 1. The minimum Gasteiger partial charge on any atom is -0.481 e. The summed E-state index contributed by atoms with van der Waals surface area (Å²) in [5, 5.41) is 12.0. The van der Waals surface area contributed by atoms with Crippen LogP contribution in [-0.4, -0.2) is 31.7 Å². The van der Waals surface area contributed by atoms with Gasteiger partial charge in [-0.3, -0.25) is 9.59 Å². The Morgan fingerprint density at radius 3 is 2.25 bits per heavy atom. The molecule has 1 aromatic heterocycles. The molecule has 0 fully saturated rings. The van der Waals surface area contributed by atoms with E-state index in [2.05, 4.69) is 5.32 Å². The summed E-state index contributed by atoms with van der Waals surface area (Å²) in [6.07, 6.45) is 1.07. The van der Waals surface area contributed by atoms with Crippen molar-refractivity contribution in [3.63, 3.8) is 0 Å². The molecule has 8 heteroatoms. The molecular formula is C16H17NO5S2. The highest BCUT2D eigenvalue weighted by atomic mass is 32.2. The van der Waals surface area contributed by atoms with Gasteiger partial charge in [0.1, 0.15) is 4.21 Å². The number of hydrogen-bond donors (Lipinski definition) is 2. The van der Waals surface area contributed by atoms with Gasteiger partial charge in [-0.1, -0.05) is 30.3 Å². The third-order valence-corrected chi connectivity index (χ3v) is 6.41. The zero-order valence-electron chi connectivity index (χ0n) is 13.1. The van der Waals surface area contributed by atoms with Crippen molar-refractivity contribution in [2.45, 2.75) is 17.2 Å². The van der Waals surface area contributed by atoms with E-state index >= 15 is 0 Å². The Morgan fingerprint density at radius 1 is 1.12 bits per heavy atom. The average Bonchev–Trinajstić information content (AvgIpc) is 3.02. The van der Waals surface area contributed by atoms with E-state index in [9.17, 15) is 23.1 Å². The van der Waals surface area contributed by atoms with Gasteiger partial charge in [-0.15, -0.1) is 11.3 Å². The molecule has 0 aliphatic rings. The highest BCUT2D eigenvalue weighted by molar-refractivity contribution is 7.92. The van der Waals surface area contributed by atoms with Crippen LogP contribution >= 0.6 is 11.3 Å². The molecule has 2 rings (SSSR count). The van der Waals surface area contributed by atoms with Crippen LogP contribution in [0.4, 0.5) is 0 Å². The maximum Gasteiger partial charge on any atom is 0.308 e. The molecule has 0 radical (unpaired) electrons. The molecule has 0 aliphatic heterocycles. The molecular weight excluding hydrogens is 350 g/mol. The van der Waals surface area contributed by atoms with Gasteiger partial charge in [0.25, 0.3) is 5.91 Å². The van der Waals surface area contributed by atoms with Crippen molar-refractivity contribution in [2.24, 2.45) is 5.92 Å². The van der Waals surface area contributed by atoms with Crippen LogP contribution < -0.4 is 5.32 Å². The summed E-state index contributed by atoms with van der Waals surface area (Å²) in [5.41, 5.74) is 0.667. The Balaban J connectivity index is 2.28. The molecule has 2 aromatic rings. The number of amides is 1. The van der Waals surface area contributed by atoms with E-state index in [0.717, 1.165) is 17.6 Å². The highest BCUT2D eigenvalue weighted by Gasteiger charge is 2.27. The van der Waals surface area contributed by atoms with Crippen molar-refractivity contribution < 1.29 is 23.1 Å². The number of benzene rings is 1. The third kappa shape index (κ3) is 4.21. The average molecular weight is 367 g/mol. The molecule has 0 saturated heterocycles. The number of carboxylic acids is 1. The summed E-state index contributed by atoms with van der Waals surface area (Å²) in [4.78, 5) is 24.0. The molecule has 0 aliphatic carbocycles. The predicted molar refractivity (Wildman–Crippen MR) is 90.9 cm³/mol. The largest absolute Gasteiger partial charge is 0.481 e. The molecule has 1 heterocycles. The summed E-state index contributed by atoms with van der Waals surface area (Å²) in [7, 11) is -3.38. The minimum atomic E-state index is -3.38. The van der Waals surface area contributed by atoms with Crippen molar-refractivity contribution in [1.29, 1.82) is 0 Å². The van der Waals surface area contributed by atoms with Gasteiger partial charge in [0, 0.05) is 6.26 Å². The molecule has 0 saturated carbocycles. The van der Waals surface area contributed by atoms with Crippen LogP contribution in [0, 0.1) is 5.92 Å². The Bertz CT molecular complexity index is 842. The van der Waals surface area contributed by atoms with Crippen LogP contribution in [-0.2, 0) is 14.6 Å². The molecule has 2 unspecified atom stereocenters. The van der Waals surface area contributed by atoms with Crippen LogP contribution in [0.2, 0.25) is 0 Å². The van der Waals surface area contributed by atoms with Crippen LogP contribution in [0.25, 0.3) is 0 Å². The molecule has 1 aromatic carbocycles. The van der Waals surface area contributed by atoms with Gasteiger partial charge in [-0.05, 0) is 24.6 Å². The number of nitrogens with one attached hydrogen (secondary N) is 1. The number of thiophene rings is 1. The smallest absolute Gasteiger partial charge is 0.308 e. The van der Waals surface area contributed by atoms with Crippen LogP contribution in [0.1, 0.15) is 28.2 Å². The summed E-state index contributed by atoms with van der Waals surface area (Å²) in [6.45, 7) is 1.51. The molecule has 0 bridgehead atoms. The molecule has 1 amide bonds. The lowest BCUT2D eigenvalue weighted by atomic mass is 9.94. The van der Waals surface area contributed by atoms with Gasteiger partial charge in [0.2, 0.25) is 0 Å². The SMILES string of the molecule is CC(C(=O)O)C(NC(=O)c1ccc(S(C)(=O)=O)s1)c1ccccc1. The lowest BCUT2D eigenvalue weighted by Crippen LogP contribution is -2.35. The van der Waals surface area contributed by atoms with Crippen molar-refractivity contribution in [3.8, 4) is 0 Å². The van der Waals surface area contributed by atoms with Crippen LogP contribution in [0.3, 0.4) is 0 Å². The molecule has 24 heavy (non-hydrogen) atoms. The van der Waals surface area contributed by atoms with E-state index in [4.69, 9.17) is 0 Å². The first kappa shape index (κ1) is 18.2. The van der Waals surface area contributed by atoms with Crippen molar-refractivity contribution in [3.05, 3.63) is 52.9 Å². The molecule has 0 spiro atoms. The highest BCUT2D eigenvalue weighted by Crippen LogP contribution is 2.25. The van der Waals surface area contributed by atoms with Crippen molar-refractivity contribution in [2.75, 3.05) is 6.26 Å². The summed E-state index contributed by atoms with van der Waals surface area (Å²) >= 11 is 0.858. The van der Waals surface area contributed by atoms with Gasteiger partial charge in [0.15, 0.2) is 9.84 Å². The Labute approximate surface area is 144 Å². The molecule has 2 atom stereocenters. The van der Waals surface area contributed by atoms with Gasteiger partial charge < -0.3 is 10.4 Å². The van der Waals surface area contributed by atoms with Crippen molar-refractivity contribution in [1.82, 2.24) is 5.32 Å². The minimum absolute atomic E-state index is 0.0928. The van der Waals surface area contributed by atoms with E-state index in [1.165, 1.54) is 19.1 Å². The second-order valence-corrected chi connectivity index (χ2v) is 8.71. The summed E-state index contributed by atoms with van der Waals surface area (Å²) in [6, 6.07) is 10.9. The number of rotatable bonds is 6. The van der Waals surface area contributed by atoms with E-state index < -0.39 is 33.7 Å². The summed E-state index contributed by atoms with van der Waals surface area (Å²) in [5.74, 6) is -2.38. The first-order valence-electron chi connectivity index (χ1n) is 7.08. The topological polar surface area (TPSA) is 101 Å². The fourth-order valence-corrected chi connectivity index (χ4v) is 3.98.